The summed E-state index contributed by atoms with van der Waals surface area (Å²) in [5.74, 6) is -3.51. The number of halogens is 10. The molecular weight excluding hydrogens is 661 g/mol. The minimum absolute atomic E-state index is 0.0507. The Morgan fingerprint density at radius 3 is 2.13 bits per heavy atom. The minimum Gasteiger partial charge on any atom is -0.349 e. The number of allylic oxidation sites excluding steroid dienone is 1. The minimum atomic E-state index is -4.65. The molecule has 1 fully saturated rings. The number of piperidine rings is 1. The lowest BCUT2D eigenvalue weighted by molar-refractivity contribution is -0.162. The second-order valence-corrected chi connectivity index (χ2v) is 10.9. The maximum atomic E-state index is 13.8. The molecule has 1 heterocycles. The average Bonchev–Trinajstić information content (AvgIpc) is 2.81. The van der Waals surface area contributed by atoms with E-state index in [0.29, 0.717) is 10.0 Å². The third-order valence-corrected chi connectivity index (χ3v) is 7.82. The summed E-state index contributed by atoms with van der Waals surface area (Å²) in [6.07, 6.45) is -8.01. The molecule has 1 aliphatic rings. The predicted molar refractivity (Wildman–Crippen MR) is 141 cm³/mol. The monoisotopic (exact) mass is 678 g/mol. The summed E-state index contributed by atoms with van der Waals surface area (Å²) in [5.41, 5.74) is 0.390. The third-order valence-electron chi connectivity index (χ3n) is 5.97. The van der Waals surface area contributed by atoms with Crippen LogP contribution in [-0.4, -0.2) is 48.2 Å². The summed E-state index contributed by atoms with van der Waals surface area (Å²) in [6, 6.07) is 6.20. The van der Waals surface area contributed by atoms with Crippen LogP contribution in [0.4, 0.5) is 26.3 Å². The topological polar surface area (TPSA) is 49.4 Å². The zero-order valence-corrected chi connectivity index (χ0v) is 23.6. The maximum Gasteiger partial charge on any atom is 0.399 e. The Morgan fingerprint density at radius 1 is 1.03 bits per heavy atom. The number of alkyl halides is 6. The van der Waals surface area contributed by atoms with E-state index < -0.39 is 36.5 Å². The van der Waals surface area contributed by atoms with Crippen molar-refractivity contribution in [3.63, 3.8) is 0 Å². The largest absolute Gasteiger partial charge is 0.399 e. The molecule has 2 aromatic rings. The van der Waals surface area contributed by atoms with Gasteiger partial charge in [-0.2, -0.15) is 26.3 Å². The number of hydrogen-bond donors (Lipinski definition) is 1. The van der Waals surface area contributed by atoms with Crippen LogP contribution in [0.2, 0.25) is 15.1 Å². The molecule has 0 aromatic heterocycles. The lowest BCUT2D eigenvalue weighted by Gasteiger charge is -2.32. The molecule has 14 heteroatoms. The Morgan fingerprint density at radius 2 is 1.62 bits per heavy atom. The SMILES string of the molecule is O=C(NC1CCN(C(=O)CC(F)(F)F)CC1)c1ccc(/C=C/C(c2cc(Cl)c(Cl)c(Cl)c2)C(F)(F)F)cc1Br. The van der Waals surface area contributed by atoms with Crippen LogP contribution < -0.4 is 5.32 Å². The van der Waals surface area contributed by atoms with E-state index in [1.807, 2.05) is 0 Å². The first-order valence-electron chi connectivity index (χ1n) is 11.4. The third kappa shape index (κ3) is 8.77. The van der Waals surface area contributed by atoms with Gasteiger partial charge in [-0.05, 0) is 64.2 Å². The van der Waals surface area contributed by atoms with E-state index in [1.54, 1.807) is 0 Å². The van der Waals surface area contributed by atoms with Crippen LogP contribution in [0.5, 0.6) is 0 Å². The molecule has 2 amide bonds. The summed E-state index contributed by atoms with van der Waals surface area (Å²) in [7, 11) is 0. The summed E-state index contributed by atoms with van der Waals surface area (Å²) in [4.78, 5) is 25.6. The van der Waals surface area contributed by atoms with Crippen molar-refractivity contribution < 1.29 is 35.9 Å². The van der Waals surface area contributed by atoms with E-state index in [0.717, 1.165) is 23.1 Å². The lowest BCUT2D eigenvalue weighted by Crippen LogP contribution is -2.47. The van der Waals surface area contributed by atoms with Crippen LogP contribution in [0, 0.1) is 0 Å². The number of benzene rings is 2. The number of carbonyl (C=O) groups is 2. The van der Waals surface area contributed by atoms with Crippen LogP contribution in [-0.2, 0) is 4.79 Å². The van der Waals surface area contributed by atoms with Crippen molar-refractivity contribution in [3.8, 4) is 0 Å². The number of nitrogens with zero attached hydrogens (tertiary/aromatic N) is 1. The smallest absolute Gasteiger partial charge is 0.349 e. The van der Waals surface area contributed by atoms with E-state index >= 15 is 0 Å². The summed E-state index contributed by atoms with van der Waals surface area (Å²) in [6.45, 7) is 0.157. The highest BCUT2D eigenvalue weighted by atomic mass is 79.9. The molecule has 0 saturated carbocycles. The van der Waals surface area contributed by atoms with Gasteiger partial charge in [0.15, 0.2) is 0 Å². The molecule has 3 rings (SSSR count). The highest BCUT2D eigenvalue weighted by Gasteiger charge is 2.39. The average molecular weight is 681 g/mol. The van der Waals surface area contributed by atoms with Gasteiger partial charge in [0.25, 0.3) is 5.91 Å². The highest BCUT2D eigenvalue weighted by molar-refractivity contribution is 9.10. The molecule has 212 valence electrons. The van der Waals surface area contributed by atoms with Crippen molar-refractivity contribution in [3.05, 3.63) is 72.6 Å². The normalized spacial score (nSPS) is 16.0. The van der Waals surface area contributed by atoms with Gasteiger partial charge in [-0.15, -0.1) is 0 Å². The molecule has 1 unspecified atom stereocenters. The van der Waals surface area contributed by atoms with Crippen LogP contribution in [0.25, 0.3) is 6.08 Å². The first kappa shape index (κ1) is 31.6. The number of likely N-dealkylation sites (tertiary alicyclic amines) is 1. The molecule has 39 heavy (non-hydrogen) atoms. The van der Waals surface area contributed by atoms with Gasteiger partial charge in [0, 0.05) is 23.6 Å². The molecule has 1 aliphatic heterocycles. The first-order chi connectivity index (χ1) is 18.0. The van der Waals surface area contributed by atoms with Gasteiger partial charge in [-0.1, -0.05) is 53.0 Å². The molecule has 1 atom stereocenters. The van der Waals surface area contributed by atoms with Crippen molar-refractivity contribution >= 4 is 68.6 Å². The Labute approximate surface area is 243 Å². The molecule has 0 radical (unpaired) electrons. The summed E-state index contributed by atoms with van der Waals surface area (Å²) in [5, 5.41) is 2.50. The number of carbonyl (C=O) groups excluding carboxylic acids is 2. The fourth-order valence-electron chi connectivity index (χ4n) is 4.01. The van der Waals surface area contributed by atoms with Crippen LogP contribution in [0.1, 0.15) is 46.7 Å². The Hall–Kier alpha value is -1.95. The predicted octanol–water partition coefficient (Wildman–Crippen LogP) is 8.44. The van der Waals surface area contributed by atoms with E-state index in [4.69, 9.17) is 34.8 Å². The van der Waals surface area contributed by atoms with Crippen LogP contribution in [0.15, 0.2) is 40.9 Å². The van der Waals surface area contributed by atoms with Crippen molar-refractivity contribution in [2.45, 2.75) is 43.6 Å². The molecule has 0 bridgehead atoms. The molecule has 0 spiro atoms. The standard InChI is InChI=1S/C25H20BrCl3F6N2O2/c26-18-9-13(2-4-17(25(33,34)35)14-10-19(27)22(29)20(28)11-14)1-3-16(18)23(39)36-15-5-7-37(8-6-15)21(38)12-24(30,31)32/h1-4,9-11,15,17H,5-8,12H2,(H,36,39)/b4-2+. The lowest BCUT2D eigenvalue weighted by atomic mass is 9.97. The van der Waals surface area contributed by atoms with Crippen molar-refractivity contribution in [2.75, 3.05) is 13.1 Å². The van der Waals surface area contributed by atoms with Gasteiger partial charge < -0.3 is 10.2 Å². The van der Waals surface area contributed by atoms with Crippen molar-refractivity contribution in [1.82, 2.24) is 10.2 Å². The first-order valence-corrected chi connectivity index (χ1v) is 13.3. The molecule has 0 aliphatic carbocycles. The molecule has 4 nitrogen and oxygen atoms in total. The number of hydrogen-bond acceptors (Lipinski definition) is 2. The van der Waals surface area contributed by atoms with Gasteiger partial charge in [0.2, 0.25) is 5.91 Å². The number of amides is 2. The maximum absolute atomic E-state index is 13.8. The van der Waals surface area contributed by atoms with E-state index in [9.17, 15) is 35.9 Å². The fourth-order valence-corrected chi connectivity index (χ4v) is 5.20. The van der Waals surface area contributed by atoms with Gasteiger partial charge in [0.1, 0.15) is 6.42 Å². The quantitative estimate of drug-likeness (QED) is 0.246. The Kier molecular flexibility index (Phi) is 10.3. The second kappa shape index (κ2) is 12.7. The number of rotatable bonds is 6. The van der Waals surface area contributed by atoms with Crippen molar-refractivity contribution in [2.24, 2.45) is 0 Å². The van der Waals surface area contributed by atoms with Crippen LogP contribution in [0.3, 0.4) is 0 Å². The van der Waals surface area contributed by atoms with Gasteiger partial charge in [0.05, 0.1) is 26.5 Å². The zero-order valence-electron chi connectivity index (χ0n) is 19.8. The van der Waals surface area contributed by atoms with Gasteiger partial charge >= 0.3 is 12.4 Å². The van der Waals surface area contributed by atoms with Crippen molar-refractivity contribution in [1.29, 1.82) is 0 Å². The summed E-state index contributed by atoms with van der Waals surface area (Å²) >= 11 is 20.9. The molecular formula is C25H20BrCl3F6N2O2. The van der Waals surface area contributed by atoms with Gasteiger partial charge in [-0.25, -0.2) is 0 Å². The Bertz CT molecular complexity index is 1240. The second-order valence-electron chi connectivity index (χ2n) is 8.84. The zero-order chi connectivity index (χ0) is 29.1. The van der Waals surface area contributed by atoms with E-state index in [1.165, 1.54) is 24.3 Å². The molecule has 2 aromatic carbocycles. The van der Waals surface area contributed by atoms with Crippen LogP contribution >= 0.6 is 50.7 Å². The molecule has 1 N–H and O–H groups in total. The fraction of sp³-hybridized carbons (Fsp3) is 0.360. The number of nitrogens with one attached hydrogen (secondary N) is 1. The van der Waals surface area contributed by atoms with Gasteiger partial charge in [-0.3, -0.25) is 9.59 Å². The molecule has 1 saturated heterocycles. The van der Waals surface area contributed by atoms with E-state index in [2.05, 4.69) is 21.2 Å². The van der Waals surface area contributed by atoms with E-state index in [-0.39, 0.29) is 58.2 Å². The summed E-state index contributed by atoms with van der Waals surface area (Å²) < 4.78 is 79.0. The highest BCUT2D eigenvalue weighted by Crippen LogP contribution is 2.41. The Balaban J connectivity index is 1.66.